The molecule has 0 radical (unpaired) electrons. The molecule has 0 fully saturated rings. The average Bonchev–Trinajstić information content (AvgIpc) is 1.86. The minimum atomic E-state index is -1.56. The van der Waals surface area contributed by atoms with Gasteiger partial charge >= 0.3 is 5.97 Å². The Bertz CT molecular complexity index is 140. The first-order chi connectivity index (χ1) is 4.90. The Morgan fingerprint density at radius 3 is 2.36 bits per heavy atom. The Morgan fingerprint density at radius 1 is 1.64 bits per heavy atom. The third kappa shape index (κ3) is 3.37. The fraction of sp³-hybridized carbons (Fsp3) is 0.875. The van der Waals surface area contributed by atoms with E-state index < -0.39 is 11.6 Å². The third-order valence-corrected chi connectivity index (χ3v) is 1.90. The topological polar surface area (TPSA) is 57.5 Å². The molecule has 0 aromatic rings. The number of rotatable bonds is 4. The minimum Gasteiger partial charge on any atom is -0.479 e. The van der Waals surface area contributed by atoms with Crippen LogP contribution in [0.1, 0.15) is 33.6 Å². The van der Waals surface area contributed by atoms with Crippen molar-refractivity contribution in [3.05, 3.63) is 0 Å². The SMILES string of the molecule is CC[C@H](C)C[C@](C)(O)C(=O)O. The molecule has 0 unspecified atom stereocenters. The number of aliphatic carboxylic acids is 1. The largest absolute Gasteiger partial charge is 0.479 e. The molecule has 0 aliphatic heterocycles. The van der Waals surface area contributed by atoms with Gasteiger partial charge in [-0.3, -0.25) is 0 Å². The highest BCUT2D eigenvalue weighted by molar-refractivity contribution is 5.76. The van der Waals surface area contributed by atoms with Gasteiger partial charge in [0.05, 0.1) is 0 Å². The van der Waals surface area contributed by atoms with Crippen molar-refractivity contribution in [3.8, 4) is 0 Å². The molecule has 2 atom stereocenters. The number of hydrogen-bond donors (Lipinski definition) is 2. The summed E-state index contributed by atoms with van der Waals surface area (Å²) < 4.78 is 0. The Morgan fingerprint density at radius 2 is 2.09 bits per heavy atom. The molecule has 0 heterocycles. The van der Waals surface area contributed by atoms with Crippen LogP contribution < -0.4 is 0 Å². The maximum atomic E-state index is 10.4. The zero-order valence-corrected chi connectivity index (χ0v) is 7.29. The second-order valence-corrected chi connectivity index (χ2v) is 3.30. The summed E-state index contributed by atoms with van der Waals surface area (Å²) >= 11 is 0. The van der Waals surface area contributed by atoms with Crippen LogP contribution in [0.15, 0.2) is 0 Å². The Labute approximate surface area is 67.0 Å². The quantitative estimate of drug-likeness (QED) is 0.651. The highest BCUT2D eigenvalue weighted by Crippen LogP contribution is 2.18. The van der Waals surface area contributed by atoms with Crippen molar-refractivity contribution in [2.75, 3.05) is 0 Å². The molecule has 0 rings (SSSR count). The van der Waals surface area contributed by atoms with Crippen LogP contribution in [0.2, 0.25) is 0 Å². The molecule has 66 valence electrons. The van der Waals surface area contributed by atoms with Gasteiger partial charge < -0.3 is 10.2 Å². The van der Waals surface area contributed by atoms with Crippen molar-refractivity contribution in [2.24, 2.45) is 5.92 Å². The van der Waals surface area contributed by atoms with E-state index in [1.807, 2.05) is 13.8 Å². The van der Waals surface area contributed by atoms with E-state index in [1.54, 1.807) is 0 Å². The smallest absolute Gasteiger partial charge is 0.335 e. The van der Waals surface area contributed by atoms with E-state index >= 15 is 0 Å². The second-order valence-electron chi connectivity index (χ2n) is 3.30. The third-order valence-electron chi connectivity index (χ3n) is 1.90. The highest BCUT2D eigenvalue weighted by Gasteiger charge is 2.30. The van der Waals surface area contributed by atoms with E-state index in [-0.39, 0.29) is 5.92 Å². The molecule has 0 saturated carbocycles. The van der Waals surface area contributed by atoms with E-state index in [9.17, 15) is 9.90 Å². The number of carboxylic acids is 1. The van der Waals surface area contributed by atoms with Crippen molar-refractivity contribution in [3.63, 3.8) is 0 Å². The second kappa shape index (κ2) is 3.72. The lowest BCUT2D eigenvalue weighted by Crippen LogP contribution is -2.36. The van der Waals surface area contributed by atoms with Gasteiger partial charge in [0.15, 0.2) is 5.60 Å². The summed E-state index contributed by atoms with van der Waals surface area (Å²) in [5.41, 5.74) is -1.56. The van der Waals surface area contributed by atoms with Gasteiger partial charge in [0, 0.05) is 0 Å². The summed E-state index contributed by atoms with van der Waals surface area (Å²) in [5, 5.41) is 17.8. The fourth-order valence-corrected chi connectivity index (χ4v) is 0.910. The van der Waals surface area contributed by atoms with Crippen molar-refractivity contribution >= 4 is 5.97 Å². The molecule has 0 aliphatic carbocycles. The summed E-state index contributed by atoms with van der Waals surface area (Å²) in [6, 6.07) is 0. The van der Waals surface area contributed by atoms with Gasteiger partial charge in [0.1, 0.15) is 0 Å². The zero-order chi connectivity index (χ0) is 9.07. The van der Waals surface area contributed by atoms with Gasteiger partial charge in [0.25, 0.3) is 0 Å². The molecule has 2 N–H and O–H groups in total. The number of hydrogen-bond acceptors (Lipinski definition) is 2. The maximum absolute atomic E-state index is 10.4. The summed E-state index contributed by atoms with van der Waals surface area (Å²) in [6.45, 7) is 5.24. The molecule has 0 aromatic heterocycles. The lowest BCUT2D eigenvalue weighted by Gasteiger charge is -2.21. The number of carboxylic acid groups (broad SMARTS) is 1. The molecule has 0 bridgehead atoms. The number of aliphatic hydroxyl groups is 1. The van der Waals surface area contributed by atoms with E-state index in [1.165, 1.54) is 6.92 Å². The molecular formula is C8H16O3. The van der Waals surface area contributed by atoms with Crippen molar-refractivity contribution < 1.29 is 15.0 Å². The lowest BCUT2D eigenvalue weighted by molar-refractivity contribution is -0.158. The van der Waals surface area contributed by atoms with Crippen molar-refractivity contribution in [1.29, 1.82) is 0 Å². The van der Waals surface area contributed by atoms with Gasteiger partial charge in [-0.15, -0.1) is 0 Å². The standard InChI is InChI=1S/C8H16O3/c1-4-6(2)5-8(3,11)7(9)10/h6,11H,4-5H2,1-3H3,(H,9,10)/t6-,8-/m0/s1. The molecule has 0 spiro atoms. The van der Waals surface area contributed by atoms with Gasteiger partial charge in [0.2, 0.25) is 0 Å². The Hall–Kier alpha value is -0.570. The van der Waals surface area contributed by atoms with Crippen LogP contribution >= 0.6 is 0 Å². The molecule has 11 heavy (non-hydrogen) atoms. The molecule has 3 heteroatoms. The molecule has 0 aromatic carbocycles. The van der Waals surface area contributed by atoms with Crippen LogP contribution in [0, 0.1) is 5.92 Å². The highest BCUT2D eigenvalue weighted by atomic mass is 16.4. The van der Waals surface area contributed by atoms with E-state index in [2.05, 4.69) is 0 Å². The predicted octanol–water partition coefficient (Wildman–Crippen LogP) is 1.26. The maximum Gasteiger partial charge on any atom is 0.335 e. The summed E-state index contributed by atoms with van der Waals surface area (Å²) in [4.78, 5) is 10.4. The first-order valence-corrected chi connectivity index (χ1v) is 3.86. The van der Waals surface area contributed by atoms with Gasteiger partial charge in [-0.05, 0) is 19.3 Å². The van der Waals surface area contributed by atoms with E-state index in [0.29, 0.717) is 6.42 Å². The number of carbonyl (C=O) groups is 1. The first-order valence-electron chi connectivity index (χ1n) is 3.86. The predicted molar refractivity (Wildman–Crippen MR) is 42.3 cm³/mol. The van der Waals surface area contributed by atoms with Crippen LogP contribution in [0.4, 0.5) is 0 Å². The zero-order valence-electron chi connectivity index (χ0n) is 7.29. The lowest BCUT2D eigenvalue weighted by atomic mass is 9.92. The van der Waals surface area contributed by atoms with E-state index in [0.717, 1.165) is 6.42 Å². The van der Waals surface area contributed by atoms with Gasteiger partial charge in [-0.1, -0.05) is 20.3 Å². The molecular weight excluding hydrogens is 144 g/mol. The average molecular weight is 160 g/mol. The van der Waals surface area contributed by atoms with E-state index in [4.69, 9.17) is 5.11 Å². The van der Waals surface area contributed by atoms with Crippen LogP contribution in [-0.2, 0) is 4.79 Å². The minimum absolute atomic E-state index is 0.251. The molecule has 3 nitrogen and oxygen atoms in total. The van der Waals surface area contributed by atoms with Crippen LogP contribution in [0.5, 0.6) is 0 Å². The normalized spacial score (nSPS) is 18.9. The molecule has 0 saturated heterocycles. The Balaban J connectivity index is 4.01. The molecule has 0 amide bonds. The van der Waals surface area contributed by atoms with Crippen molar-refractivity contribution in [1.82, 2.24) is 0 Å². The fourth-order valence-electron chi connectivity index (χ4n) is 0.910. The van der Waals surface area contributed by atoms with Gasteiger partial charge in [-0.2, -0.15) is 0 Å². The summed E-state index contributed by atoms with van der Waals surface area (Å²) in [7, 11) is 0. The van der Waals surface area contributed by atoms with Gasteiger partial charge in [-0.25, -0.2) is 4.79 Å². The first kappa shape index (κ1) is 10.4. The van der Waals surface area contributed by atoms with Crippen LogP contribution in [0.25, 0.3) is 0 Å². The Kier molecular flexibility index (Phi) is 3.52. The van der Waals surface area contributed by atoms with Crippen LogP contribution in [0.3, 0.4) is 0 Å². The summed E-state index contributed by atoms with van der Waals surface area (Å²) in [6.07, 6.45) is 1.21. The monoisotopic (exact) mass is 160 g/mol. The van der Waals surface area contributed by atoms with Crippen molar-refractivity contribution in [2.45, 2.75) is 39.2 Å². The van der Waals surface area contributed by atoms with Crippen LogP contribution in [-0.4, -0.2) is 21.8 Å². The summed E-state index contributed by atoms with van der Waals surface area (Å²) in [5.74, 6) is -0.890. The molecule has 0 aliphatic rings.